The lowest BCUT2D eigenvalue weighted by Gasteiger charge is -2.33. The van der Waals surface area contributed by atoms with Crippen molar-refractivity contribution in [1.82, 2.24) is 14.9 Å². The van der Waals surface area contributed by atoms with Crippen LogP contribution in [0.25, 0.3) is 10.2 Å². The molecule has 1 amide bonds. The Morgan fingerprint density at radius 1 is 1.45 bits per heavy atom. The van der Waals surface area contributed by atoms with E-state index in [9.17, 15) is 4.79 Å². The highest BCUT2D eigenvalue weighted by Gasteiger charge is 2.28. The van der Waals surface area contributed by atoms with Crippen LogP contribution in [0.1, 0.15) is 48.3 Å². The van der Waals surface area contributed by atoms with Crippen LogP contribution in [0.4, 0.5) is 0 Å². The summed E-state index contributed by atoms with van der Waals surface area (Å²) >= 11 is 1.45. The molecule has 0 spiro atoms. The highest BCUT2D eigenvalue weighted by molar-refractivity contribution is 7.20. The Morgan fingerprint density at radius 3 is 3.00 bits per heavy atom. The van der Waals surface area contributed by atoms with E-state index in [1.54, 1.807) is 0 Å². The third-order valence-corrected chi connectivity index (χ3v) is 5.42. The summed E-state index contributed by atoms with van der Waals surface area (Å²) in [6, 6.07) is 0.309. The molecule has 2 aromatic heterocycles. The fourth-order valence-corrected chi connectivity index (χ4v) is 4.12. The first-order valence-electron chi connectivity index (χ1n) is 7.81. The number of rotatable bonds is 3. The summed E-state index contributed by atoms with van der Waals surface area (Å²) in [5.74, 6) is 0.696. The van der Waals surface area contributed by atoms with Crippen LogP contribution < -0.4 is 4.74 Å². The van der Waals surface area contributed by atoms with E-state index in [2.05, 4.69) is 16.9 Å². The Hall–Kier alpha value is -1.69. The first-order chi connectivity index (χ1) is 10.6. The quantitative estimate of drug-likeness (QED) is 0.870. The van der Waals surface area contributed by atoms with Gasteiger partial charge in [0.1, 0.15) is 11.2 Å². The molecule has 1 aliphatic heterocycles. The van der Waals surface area contributed by atoms with Crippen LogP contribution in [0, 0.1) is 6.92 Å². The first kappa shape index (κ1) is 15.2. The van der Waals surface area contributed by atoms with Crippen molar-refractivity contribution in [2.45, 2.75) is 46.1 Å². The van der Waals surface area contributed by atoms with Crippen LogP contribution in [0.5, 0.6) is 5.88 Å². The molecule has 22 heavy (non-hydrogen) atoms. The molecule has 1 saturated heterocycles. The molecule has 118 valence electrons. The lowest BCUT2D eigenvalue weighted by Crippen LogP contribution is -2.41. The third-order valence-electron chi connectivity index (χ3n) is 4.23. The maximum absolute atomic E-state index is 12.9. The molecule has 1 aliphatic rings. The monoisotopic (exact) mass is 319 g/mol. The summed E-state index contributed by atoms with van der Waals surface area (Å²) in [6.45, 7) is 7.42. The average molecular weight is 319 g/mol. The van der Waals surface area contributed by atoms with Gasteiger partial charge in [-0.1, -0.05) is 0 Å². The van der Waals surface area contributed by atoms with Gasteiger partial charge in [0.25, 0.3) is 5.91 Å². The van der Waals surface area contributed by atoms with Crippen molar-refractivity contribution < 1.29 is 9.53 Å². The van der Waals surface area contributed by atoms with Gasteiger partial charge in [0, 0.05) is 12.6 Å². The molecular formula is C16H21N3O2S. The number of carbonyl (C=O) groups excluding carboxylic acids is 1. The number of amides is 1. The minimum atomic E-state index is 0.121. The van der Waals surface area contributed by atoms with Gasteiger partial charge in [-0.25, -0.2) is 9.97 Å². The molecule has 0 N–H and O–H groups in total. The van der Waals surface area contributed by atoms with E-state index < -0.39 is 0 Å². The number of aromatic nitrogens is 2. The lowest BCUT2D eigenvalue weighted by atomic mass is 10.0. The minimum Gasteiger partial charge on any atom is -0.477 e. The van der Waals surface area contributed by atoms with E-state index in [0.717, 1.165) is 40.0 Å². The Bertz CT molecular complexity index is 698. The molecule has 3 rings (SSSR count). The van der Waals surface area contributed by atoms with Crippen LogP contribution in [-0.4, -0.2) is 40.0 Å². The minimum absolute atomic E-state index is 0.121. The maximum atomic E-state index is 12.9. The van der Waals surface area contributed by atoms with Crippen molar-refractivity contribution in [3.63, 3.8) is 0 Å². The molecular weight excluding hydrogens is 298 g/mol. The smallest absolute Gasteiger partial charge is 0.264 e. The molecule has 0 saturated carbocycles. The van der Waals surface area contributed by atoms with E-state index >= 15 is 0 Å². The number of fused-ring (bicyclic) bond motifs is 1. The van der Waals surface area contributed by atoms with Crippen molar-refractivity contribution in [2.24, 2.45) is 0 Å². The van der Waals surface area contributed by atoms with E-state index in [1.807, 2.05) is 18.7 Å². The normalized spacial score (nSPS) is 18.7. The Balaban J connectivity index is 2.02. The fraction of sp³-hybridized carbons (Fsp3) is 0.562. The van der Waals surface area contributed by atoms with Crippen molar-refractivity contribution in [3.8, 4) is 5.88 Å². The lowest BCUT2D eigenvalue weighted by molar-refractivity contribution is 0.0640. The molecule has 1 atom stereocenters. The second-order valence-electron chi connectivity index (χ2n) is 5.69. The summed E-state index contributed by atoms with van der Waals surface area (Å²) in [4.78, 5) is 25.0. The molecule has 5 nitrogen and oxygen atoms in total. The number of carbonyl (C=O) groups is 1. The number of hydrogen-bond donors (Lipinski definition) is 0. The van der Waals surface area contributed by atoms with Crippen molar-refractivity contribution in [3.05, 3.63) is 16.8 Å². The van der Waals surface area contributed by atoms with Gasteiger partial charge >= 0.3 is 0 Å². The van der Waals surface area contributed by atoms with E-state index in [-0.39, 0.29) is 5.91 Å². The van der Waals surface area contributed by atoms with Gasteiger partial charge in [-0.3, -0.25) is 4.79 Å². The van der Waals surface area contributed by atoms with Gasteiger partial charge in [0.15, 0.2) is 0 Å². The van der Waals surface area contributed by atoms with Gasteiger partial charge in [0.05, 0.1) is 16.9 Å². The molecule has 6 heteroatoms. The molecule has 3 heterocycles. The summed E-state index contributed by atoms with van der Waals surface area (Å²) in [5.41, 5.74) is 0.937. The molecule has 0 bridgehead atoms. The second kappa shape index (κ2) is 6.20. The average Bonchev–Trinajstić information content (AvgIpc) is 2.86. The number of piperidine rings is 1. The largest absolute Gasteiger partial charge is 0.477 e. The van der Waals surface area contributed by atoms with Crippen LogP contribution in [-0.2, 0) is 0 Å². The Morgan fingerprint density at radius 2 is 2.27 bits per heavy atom. The van der Waals surface area contributed by atoms with Gasteiger partial charge < -0.3 is 9.64 Å². The summed E-state index contributed by atoms with van der Waals surface area (Å²) in [7, 11) is 0. The highest BCUT2D eigenvalue weighted by atomic mass is 32.1. The summed E-state index contributed by atoms with van der Waals surface area (Å²) in [6.07, 6.45) is 4.88. The zero-order valence-corrected chi connectivity index (χ0v) is 14.1. The van der Waals surface area contributed by atoms with Crippen LogP contribution >= 0.6 is 11.3 Å². The van der Waals surface area contributed by atoms with E-state index in [4.69, 9.17) is 4.74 Å². The second-order valence-corrected chi connectivity index (χ2v) is 6.69. The van der Waals surface area contributed by atoms with Gasteiger partial charge in [0.2, 0.25) is 5.88 Å². The van der Waals surface area contributed by atoms with Crippen LogP contribution in [0.3, 0.4) is 0 Å². The summed E-state index contributed by atoms with van der Waals surface area (Å²) < 4.78 is 5.59. The number of thiophene rings is 1. The van der Waals surface area contributed by atoms with Crippen LogP contribution in [0.2, 0.25) is 0 Å². The third kappa shape index (κ3) is 2.56. The number of nitrogens with zero attached hydrogens (tertiary/aromatic N) is 3. The molecule has 0 aliphatic carbocycles. The molecule has 0 aromatic carbocycles. The number of aryl methyl sites for hydroxylation is 1. The fourth-order valence-electron chi connectivity index (χ4n) is 3.02. The predicted octanol–water partition coefficient (Wildman–Crippen LogP) is 3.41. The molecule has 0 radical (unpaired) electrons. The topological polar surface area (TPSA) is 55.3 Å². The Labute approximate surface area is 134 Å². The zero-order valence-electron chi connectivity index (χ0n) is 13.3. The number of ether oxygens (including phenoxy) is 1. The molecule has 1 unspecified atom stereocenters. The van der Waals surface area contributed by atoms with Gasteiger partial charge in [-0.05, 0) is 45.6 Å². The van der Waals surface area contributed by atoms with Crippen molar-refractivity contribution >= 4 is 27.5 Å². The van der Waals surface area contributed by atoms with Gasteiger partial charge in [-0.15, -0.1) is 11.3 Å². The standard InChI is InChI=1S/C16H21N3O2S/c1-4-21-14-12-11(3)13(22-15(12)18-9-17-14)16(20)19-8-6-5-7-10(19)2/h9-10H,4-8H2,1-3H3. The predicted molar refractivity (Wildman–Crippen MR) is 87.7 cm³/mol. The number of hydrogen-bond acceptors (Lipinski definition) is 5. The molecule has 1 fully saturated rings. The Kier molecular flexibility index (Phi) is 4.29. The maximum Gasteiger partial charge on any atom is 0.264 e. The summed E-state index contributed by atoms with van der Waals surface area (Å²) in [5, 5.41) is 0.877. The zero-order chi connectivity index (χ0) is 15.7. The van der Waals surface area contributed by atoms with Gasteiger partial charge in [-0.2, -0.15) is 0 Å². The first-order valence-corrected chi connectivity index (χ1v) is 8.63. The van der Waals surface area contributed by atoms with Crippen LogP contribution in [0.15, 0.2) is 6.33 Å². The molecule has 2 aromatic rings. The number of likely N-dealkylation sites (tertiary alicyclic amines) is 1. The van der Waals surface area contributed by atoms with Crippen molar-refractivity contribution in [2.75, 3.05) is 13.2 Å². The van der Waals surface area contributed by atoms with E-state index in [0.29, 0.717) is 18.5 Å². The SMILES string of the molecule is CCOc1ncnc2sc(C(=O)N3CCCCC3C)c(C)c12. The van der Waals surface area contributed by atoms with Crippen molar-refractivity contribution in [1.29, 1.82) is 0 Å². The van der Waals surface area contributed by atoms with E-state index in [1.165, 1.54) is 24.1 Å². The highest BCUT2D eigenvalue weighted by Crippen LogP contribution is 2.35.